The fraction of sp³-hybridized carbons (Fsp3) is 0.385. The van der Waals surface area contributed by atoms with Gasteiger partial charge in [-0.1, -0.05) is 29.8 Å². The molecular formula is C13H16O4. The van der Waals surface area contributed by atoms with Gasteiger partial charge in [-0.25, -0.2) is 0 Å². The third-order valence-corrected chi connectivity index (χ3v) is 2.56. The van der Waals surface area contributed by atoms with E-state index in [4.69, 9.17) is 5.11 Å². The minimum absolute atomic E-state index is 0.208. The Morgan fingerprint density at radius 2 is 1.88 bits per heavy atom. The van der Waals surface area contributed by atoms with Crippen molar-refractivity contribution in [1.82, 2.24) is 0 Å². The van der Waals surface area contributed by atoms with Crippen LogP contribution in [-0.4, -0.2) is 24.2 Å². The first-order valence-corrected chi connectivity index (χ1v) is 5.38. The SMILES string of the molecule is COC(=O)[C@H](CC(=O)O)Cc1ccc(C)cc1. The third-order valence-electron chi connectivity index (χ3n) is 2.56. The second-order valence-corrected chi connectivity index (χ2v) is 4.01. The number of carboxylic acids is 1. The van der Waals surface area contributed by atoms with Crippen LogP contribution in [0.25, 0.3) is 0 Å². The molecule has 0 saturated carbocycles. The summed E-state index contributed by atoms with van der Waals surface area (Å²) in [5.74, 6) is -2.10. The molecule has 0 radical (unpaired) electrons. The molecule has 0 bridgehead atoms. The van der Waals surface area contributed by atoms with Gasteiger partial charge in [0.25, 0.3) is 0 Å². The van der Waals surface area contributed by atoms with E-state index >= 15 is 0 Å². The lowest BCUT2D eigenvalue weighted by Crippen LogP contribution is -2.22. The van der Waals surface area contributed by atoms with Crippen molar-refractivity contribution in [2.24, 2.45) is 5.92 Å². The number of rotatable bonds is 5. The zero-order valence-corrected chi connectivity index (χ0v) is 9.97. The summed E-state index contributed by atoms with van der Waals surface area (Å²) in [4.78, 5) is 22.1. The smallest absolute Gasteiger partial charge is 0.309 e. The predicted octanol–water partition coefficient (Wildman–Crippen LogP) is 1.80. The van der Waals surface area contributed by atoms with E-state index < -0.39 is 17.9 Å². The number of carbonyl (C=O) groups is 2. The van der Waals surface area contributed by atoms with Crippen LogP contribution >= 0.6 is 0 Å². The Labute approximate surface area is 100 Å². The van der Waals surface area contributed by atoms with Crippen molar-refractivity contribution >= 4 is 11.9 Å². The molecule has 0 spiro atoms. The topological polar surface area (TPSA) is 63.6 Å². The minimum Gasteiger partial charge on any atom is -0.481 e. The molecule has 92 valence electrons. The molecule has 0 aliphatic rings. The molecule has 1 atom stereocenters. The van der Waals surface area contributed by atoms with Crippen molar-refractivity contribution in [1.29, 1.82) is 0 Å². The van der Waals surface area contributed by atoms with Gasteiger partial charge >= 0.3 is 11.9 Å². The van der Waals surface area contributed by atoms with Gasteiger partial charge in [-0.05, 0) is 18.9 Å². The molecule has 4 heteroatoms. The van der Waals surface area contributed by atoms with Gasteiger partial charge in [-0.2, -0.15) is 0 Å². The van der Waals surface area contributed by atoms with Crippen LogP contribution in [0.15, 0.2) is 24.3 Å². The lowest BCUT2D eigenvalue weighted by atomic mass is 9.96. The standard InChI is InChI=1S/C13H16O4/c1-9-3-5-10(6-4-9)7-11(8-12(14)15)13(16)17-2/h3-6,11H,7-8H2,1-2H3,(H,14,15)/t11-/m0/s1. The minimum atomic E-state index is -0.993. The van der Waals surface area contributed by atoms with Crippen molar-refractivity contribution in [3.8, 4) is 0 Å². The third kappa shape index (κ3) is 4.26. The van der Waals surface area contributed by atoms with E-state index in [0.717, 1.165) is 11.1 Å². The van der Waals surface area contributed by atoms with Crippen molar-refractivity contribution in [3.05, 3.63) is 35.4 Å². The molecule has 1 aromatic carbocycles. The number of methoxy groups -OCH3 is 1. The number of hydrogen-bond acceptors (Lipinski definition) is 3. The van der Waals surface area contributed by atoms with Crippen LogP contribution < -0.4 is 0 Å². The van der Waals surface area contributed by atoms with Gasteiger partial charge < -0.3 is 9.84 Å². The van der Waals surface area contributed by atoms with Crippen LogP contribution in [0.1, 0.15) is 17.5 Å². The molecule has 1 aromatic rings. The van der Waals surface area contributed by atoms with Gasteiger partial charge in [0.05, 0.1) is 19.4 Å². The van der Waals surface area contributed by atoms with Crippen molar-refractivity contribution in [2.45, 2.75) is 19.8 Å². The van der Waals surface area contributed by atoms with Crippen LogP contribution in [0.3, 0.4) is 0 Å². The highest BCUT2D eigenvalue weighted by molar-refractivity contribution is 5.79. The second kappa shape index (κ2) is 6.03. The van der Waals surface area contributed by atoms with Gasteiger partial charge in [-0.15, -0.1) is 0 Å². The van der Waals surface area contributed by atoms with Crippen LogP contribution in [0.5, 0.6) is 0 Å². The zero-order chi connectivity index (χ0) is 12.8. The highest BCUT2D eigenvalue weighted by Gasteiger charge is 2.22. The van der Waals surface area contributed by atoms with E-state index in [0.29, 0.717) is 6.42 Å². The summed E-state index contributed by atoms with van der Waals surface area (Å²) in [6.45, 7) is 1.97. The summed E-state index contributed by atoms with van der Waals surface area (Å²) < 4.78 is 4.61. The van der Waals surface area contributed by atoms with E-state index in [2.05, 4.69) is 4.74 Å². The Balaban J connectivity index is 2.75. The predicted molar refractivity (Wildman–Crippen MR) is 62.6 cm³/mol. The maximum absolute atomic E-state index is 11.4. The molecule has 0 saturated heterocycles. The monoisotopic (exact) mass is 236 g/mol. The van der Waals surface area contributed by atoms with Gasteiger partial charge in [-0.3, -0.25) is 9.59 Å². The van der Waals surface area contributed by atoms with Gasteiger partial charge in [0.1, 0.15) is 0 Å². The van der Waals surface area contributed by atoms with E-state index in [-0.39, 0.29) is 6.42 Å². The first-order chi connectivity index (χ1) is 8.02. The van der Waals surface area contributed by atoms with Crippen molar-refractivity contribution in [2.75, 3.05) is 7.11 Å². The molecule has 17 heavy (non-hydrogen) atoms. The molecule has 0 aromatic heterocycles. The van der Waals surface area contributed by atoms with Crippen molar-refractivity contribution < 1.29 is 19.4 Å². The first kappa shape index (κ1) is 13.2. The molecule has 0 aliphatic heterocycles. The molecule has 4 nitrogen and oxygen atoms in total. The lowest BCUT2D eigenvalue weighted by Gasteiger charge is -2.12. The quantitative estimate of drug-likeness (QED) is 0.792. The summed E-state index contributed by atoms with van der Waals surface area (Å²) >= 11 is 0. The summed E-state index contributed by atoms with van der Waals surface area (Å²) in [6, 6.07) is 7.66. The van der Waals surface area contributed by atoms with Gasteiger partial charge in [0.2, 0.25) is 0 Å². The van der Waals surface area contributed by atoms with E-state index in [1.54, 1.807) is 0 Å². The van der Waals surface area contributed by atoms with Crippen LogP contribution in [0.2, 0.25) is 0 Å². The number of aryl methyl sites for hydroxylation is 1. The summed E-state index contributed by atoms with van der Waals surface area (Å²) in [5.41, 5.74) is 2.06. The Bertz CT molecular complexity index is 394. The number of carboxylic acid groups (broad SMARTS) is 1. The summed E-state index contributed by atoms with van der Waals surface area (Å²) in [6.07, 6.45) is 0.180. The maximum atomic E-state index is 11.4. The molecular weight excluding hydrogens is 220 g/mol. The summed E-state index contributed by atoms with van der Waals surface area (Å²) in [7, 11) is 1.27. The molecule has 0 fully saturated rings. The maximum Gasteiger partial charge on any atom is 0.309 e. The molecule has 0 unspecified atom stereocenters. The number of esters is 1. The Morgan fingerprint density at radius 1 is 1.29 bits per heavy atom. The second-order valence-electron chi connectivity index (χ2n) is 4.01. The lowest BCUT2D eigenvalue weighted by molar-refractivity contribution is -0.150. The zero-order valence-electron chi connectivity index (χ0n) is 9.97. The number of hydrogen-bond donors (Lipinski definition) is 1. The molecule has 0 heterocycles. The normalized spacial score (nSPS) is 11.9. The number of aliphatic carboxylic acids is 1. The number of carbonyl (C=O) groups excluding carboxylic acids is 1. The largest absolute Gasteiger partial charge is 0.481 e. The average Bonchev–Trinajstić information content (AvgIpc) is 2.29. The molecule has 0 amide bonds. The Kier molecular flexibility index (Phi) is 4.69. The molecule has 0 aliphatic carbocycles. The van der Waals surface area contributed by atoms with E-state index in [1.807, 2.05) is 31.2 Å². The number of benzene rings is 1. The highest BCUT2D eigenvalue weighted by atomic mass is 16.5. The Morgan fingerprint density at radius 3 is 2.35 bits per heavy atom. The summed E-state index contributed by atoms with van der Waals surface area (Å²) in [5, 5.41) is 8.74. The van der Waals surface area contributed by atoms with Gasteiger partial charge in [0, 0.05) is 0 Å². The molecule has 1 N–H and O–H groups in total. The molecule has 1 rings (SSSR count). The van der Waals surface area contributed by atoms with Crippen LogP contribution in [-0.2, 0) is 20.7 Å². The fourth-order valence-electron chi connectivity index (χ4n) is 1.62. The van der Waals surface area contributed by atoms with Gasteiger partial charge in [0.15, 0.2) is 0 Å². The van der Waals surface area contributed by atoms with Crippen LogP contribution in [0.4, 0.5) is 0 Å². The average molecular weight is 236 g/mol. The Hall–Kier alpha value is -1.84. The first-order valence-electron chi connectivity index (χ1n) is 5.38. The highest BCUT2D eigenvalue weighted by Crippen LogP contribution is 2.15. The fourth-order valence-corrected chi connectivity index (χ4v) is 1.62. The van der Waals surface area contributed by atoms with E-state index in [9.17, 15) is 9.59 Å². The van der Waals surface area contributed by atoms with Crippen molar-refractivity contribution in [3.63, 3.8) is 0 Å². The van der Waals surface area contributed by atoms with Crippen LogP contribution in [0, 0.1) is 12.8 Å². The number of ether oxygens (including phenoxy) is 1. The van der Waals surface area contributed by atoms with E-state index in [1.165, 1.54) is 7.11 Å².